The highest BCUT2D eigenvalue weighted by atomic mass is 16.4. The third kappa shape index (κ3) is 2.58. The van der Waals surface area contributed by atoms with Crippen molar-refractivity contribution >= 4 is 5.97 Å². The maximum atomic E-state index is 10.6. The van der Waals surface area contributed by atoms with Gasteiger partial charge >= 0.3 is 5.97 Å². The summed E-state index contributed by atoms with van der Waals surface area (Å²) in [6, 6.07) is 0. The molecule has 0 radical (unpaired) electrons. The third-order valence-corrected chi connectivity index (χ3v) is 3.12. The van der Waals surface area contributed by atoms with E-state index in [4.69, 9.17) is 5.11 Å². The van der Waals surface area contributed by atoms with Gasteiger partial charge in [0.05, 0.1) is 12.6 Å². The summed E-state index contributed by atoms with van der Waals surface area (Å²) in [6.45, 7) is 0. The molecule has 0 atom stereocenters. The van der Waals surface area contributed by atoms with Crippen LogP contribution in [-0.4, -0.2) is 21.3 Å². The number of aromatic nitrogens is 2. The van der Waals surface area contributed by atoms with Gasteiger partial charge < -0.3 is 5.11 Å². The summed E-state index contributed by atoms with van der Waals surface area (Å²) in [5.41, 5.74) is 1.86. The molecule has 1 saturated carbocycles. The van der Waals surface area contributed by atoms with Gasteiger partial charge in [0.25, 0.3) is 0 Å². The normalized spacial score (nSPS) is 17.1. The molecule has 0 amide bonds. The smallest absolute Gasteiger partial charge is 0.309 e. The van der Waals surface area contributed by atoms with Crippen molar-refractivity contribution in [3.63, 3.8) is 0 Å². The predicted molar refractivity (Wildman–Crippen MR) is 55.6 cm³/mol. The van der Waals surface area contributed by atoms with Crippen LogP contribution in [0.5, 0.6) is 0 Å². The standard InChI is InChI=1S/C11H16N2O2/c14-11(15)6-10-9(7-12-13-10)5-8-3-1-2-4-8/h7-8H,1-6H2,(H,12,13)(H,14,15). The molecule has 0 saturated heterocycles. The second-order valence-electron chi connectivity index (χ2n) is 4.30. The minimum Gasteiger partial charge on any atom is -0.481 e. The SMILES string of the molecule is O=C(O)Cc1[nH]ncc1CC1CCCC1. The van der Waals surface area contributed by atoms with Gasteiger partial charge in [-0.1, -0.05) is 25.7 Å². The molecule has 4 nitrogen and oxygen atoms in total. The lowest BCUT2D eigenvalue weighted by molar-refractivity contribution is -0.136. The number of carboxylic acids is 1. The van der Waals surface area contributed by atoms with Crippen molar-refractivity contribution in [2.45, 2.75) is 38.5 Å². The number of hydrogen-bond donors (Lipinski definition) is 2. The third-order valence-electron chi connectivity index (χ3n) is 3.12. The number of H-pyrrole nitrogens is 1. The lowest BCUT2D eigenvalue weighted by Gasteiger charge is -2.07. The van der Waals surface area contributed by atoms with Crippen LogP contribution in [0, 0.1) is 5.92 Å². The summed E-state index contributed by atoms with van der Waals surface area (Å²) in [7, 11) is 0. The molecule has 2 N–H and O–H groups in total. The Labute approximate surface area is 88.7 Å². The van der Waals surface area contributed by atoms with E-state index in [0.29, 0.717) is 0 Å². The average Bonchev–Trinajstić information content (AvgIpc) is 2.78. The molecule has 1 aromatic rings. The molecule has 0 spiro atoms. The Bertz CT molecular complexity index is 340. The van der Waals surface area contributed by atoms with E-state index in [1.54, 1.807) is 6.20 Å². The van der Waals surface area contributed by atoms with Gasteiger partial charge in [0, 0.05) is 5.69 Å². The van der Waals surface area contributed by atoms with E-state index >= 15 is 0 Å². The fourth-order valence-electron chi connectivity index (χ4n) is 2.34. The van der Waals surface area contributed by atoms with Crippen molar-refractivity contribution in [2.24, 2.45) is 5.92 Å². The first-order valence-corrected chi connectivity index (χ1v) is 5.48. The van der Waals surface area contributed by atoms with Crippen LogP contribution in [0.3, 0.4) is 0 Å². The molecule has 0 aliphatic heterocycles. The van der Waals surface area contributed by atoms with Crippen LogP contribution in [0.4, 0.5) is 0 Å². The van der Waals surface area contributed by atoms with Gasteiger partial charge in [0.15, 0.2) is 0 Å². The number of carboxylic acid groups (broad SMARTS) is 1. The number of hydrogen-bond acceptors (Lipinski definition) is 2. The van der Waals surface area contributed by atoms with E-state index in [0.717, 1.165) is 23.6 Å². The molecule has 0 unspecified atom stereocenters. The van der Waals surface area contributed by atoms with Gasteiger partial charge in [0.2, 0.25) is 0 Å². The van der Waals surface area contributed by atoms with E-state index < -0.39 is 5.97 Å². The van der Waals surface area contributed by atoms with Crippen LogP contribution in [0.1, 0.15) is 36.9 Å². The van der Waals surface area contributed by atoms with Crippen molar-refractivity contribution in [1.82, 2.24) is 10.2 Å². The van der Waals surface area contributed by atoms with Crippen LogP contribution in [0.15, 0.2) is 6.20 Å². The molecular formula is C11H16N2O2. The zero-order chi connectivity index (χ0) is 10.7. The van der Waals surface area contributed by atoms with Crippen molar-refractivity contribution in [3.05, 3.63) is 17.5 Å². The minimum atomic E-state index is -0.799. The van der Waals surface area contributed by atoms with Crippen molar-refractivity contribution in [2.75, 3.05) is 0 Å². The Morgan fingerprint density at radius 2 is 2.27 bits per heavy atom. The largest absolute Gasteiger partial charge is 0.481 e. The first-order valence-electron chi connectivity index (χ1n) is 5.48. The van der Waals surface area contributed by atoms with Crippen LogP contribution in [-0.2, 0) is 17.6 Å². The summed E-state index contributed by atoms with van der Waals surface area (Å²) in [6.07, 6.45) is 8.00. The molecule has 0 aromatic carbocycles. The van der Waals surface area contributed by atoms with Gasteiger partial charge in [-0.3, -0.25) is 9.89 Å². The second kappa shape index (κ2) is 4.47. The molecule has 1 heterocycles. The van der Waals surface area contributed by atoms with Crippen LogP contribution < -0.4 is 0 Å². The maximum Gasteiger partial charge on any atom is 0.309 e. The first-order chi connectivity index (χ1) is 7.25. The fraction of sp³-hybridized carbons (Fsp3) is 0.636. The van der Waals surface area contributed by atoms with Gasteiger partial charge in [0.1, 0.15) is 0 Å². The molecular weight excluding hydrogens is 192 g/mol. The second-order valence-corrected chi connectivity index (χ2v) is 4.30. The quantitative estimate of drug-likeness (QED) is 0.792. The molecule has 1 fully saturated rings. The summed E-state index contributed by atoms with van der Waals surface area (Å²) in [5, 5.41) is 15.4. The Kier molecular flexibility index (Phi) is 3.04. The average molecular weight is 208 g/mol. The maximum absolute atomic E-state index is 10.6. The van der Waals surface area contributed by atoms with Crippen LogP contribution >= 0.6 is 0 Å². The summed E-state index contributed by atoms with van der Waals surface area (Å²) in [5.74, 6) is -0.0675. The van der Waals surface area contributed by atoms with Crippen molar-refractivity contribution in [3.8, 4) is 0 Å². The summed E-state index contributed by atoms with van der Waals surface area (Å²) < 4.78 is 0. The van der Waals surface area contributed by atoms with E-state index in [9.17, 15) is 4.79 Å². The molecule has 4 heteroatoms. The zero-order valence-electron chi connectivity index (χ0n) is 8.70. The number of rotatable bonds is 4. The number of nitrogens with zero attached hydrogens (tertiary/aromatic N) is 1. The van der Waals surface area contributed by atoms with Gasteiger partial charge in [-0.2, -0.15) is 5.10 Å². The minimum absolute atomic E-state index is 0.0576. The highest BCUT2D eigenvalue weighted by Gasteiger charge is 2.18. The predicted octanol–water partition coefficient (Wildman–Crippen LogP) is 1.77. The van der Waals surface area contributed by atoms with Gasteiger partial charge in [-0.05, 0) is 17.9 Å². The summed E-state index contributed by atoms with van der Waals surface area (Å²) >= 11 is 0. The number of aromatic amines is 1. The highest BCUT2D eigenvalue weighted by Crippen LogP contribution is 2.28. The number of aliphatic carboxylic acids is 1. The van der Waals surface area contributed by atoms with Crippen molar-refractivity contribution in [1.29, 1.82) is 0 Å². The molecule has 1 aliphatic rings. The first kappa shape index (κ1) is 10.2. The van der Waals surface area contributed by atoms with E-state index in [-0.39, 0.29) is 6.42 Å². The van der Waals surface area contributed by atoms with E-state index in [1.807, 2.05) is 0 Å². The molecule has 2 rings (SSSR count). The highest BCUT2D eigenvalue weighted by molar-refractivity contribution is 5.69. The van der Waals surface area contributed by atoms with Gasteiger partial charge in [-0.25, -0.2) is 0 Å². The topological polar surface area (TPSA) is 66.0 Å². The lowest BCUT2D eigenvalue weighted by Crippen LogP contribution is -2.06. The van der Waals surface area contributed by atoms with Gasteiger partial charge in [-0.15, -0.1) is 0 Å². The Hall–Kier alpha value is -1.32. The Morgan fingerprint density at radius 3 is 2.93 bits per heavy atom. The molecule has 1 aromatic heterocycles. The van der Waals surface area contributed by atoms with E-state index in [2.05, 4.69) is 10.2 Å². The molecule has 0 bridgehead atoms. The van der Waals surface area contributed by atoms with Crippen molar-refractivity contribution < 1.29 is 9.90 Å². The van der Waals surface area contributed by atoms with Crippen LogP contribution in [0.25, 0.3) is 0 Å². The molecule has 82 valence electrons. The summed E-state index contributed by atoms with van der Waals surface area (Å²) in [4.78, 5) is 10.6. The van der Waals surface area contributed by atoms with Crippen LogP contribution in [0.2, 0.25) is 0 Å². The zero-order valence-corrected chi connectivity index (χ0v) is 8.70. The Balaban J connectivity index is 2.00. The number of nitrogens with one attached hydrogen (secondary N) is 1. The molecule has 15 heavy (non-hydrogen) atoms. The Morgan fingerprint density at radius 1 is 1.53 bits per heavy atom. The monoisotopic (exact) mass is 208 g/mol. The fourth-order valence-corrected chi connectivity index (χ4v) is 2.34. The lowest BCUT2D eigenvalue weighted by atomic mass is 9.98. The van der Waals surface area contributed by atoms with E-state index in [1.165, 1.54) is 25.7 Å². The molecule has 1 aliphatic carbocycles. The number of carbonyl (C=O) groups is 1.